The van der Waals surface area contributed by atoms with Crippen LogP contribution in [0.25, 0.3) is 10.8 Å². The molecule has 0 spiro atoms. The lowest BCUT2D eigenvalue weighted by atomic mass is 10.2. The van der Waals surface area contributed by atoms with E-state index < -0.39 is 0 Å². The van der Waals surface area contributed by atoms with Crippen LogP contribution in [0.4, 0.5) is 0 Å². The highest BCUT2D eigenvalue weighted by Crippen LogP contribution is 2.35. The Kier molecular flexibility index (Phi) is 4.62. The number of thiophene rings is 1. The third-order valence-electron chi connectivity index (χ3n) is 3.44. The van der Waals surface area contributed by atoms with Crippen LogP contribution in [-0.4, -0.2) is 20.4 Å². The Morgan fingerprint density at radius 2 is 1.88 bits per heavy atom. The smallest absolute Gasteiger partial charge is 0.277 e. The Balaban J connectivity index is 1.42. The lowest BCUT2D eigenvalue weighted by Gasteiger charge is -2.01. The Morgan fingerprint density at radius 1 is 1.00 bits per heavy atom. The van der Waals surface area contributed by atoms with Gasteiger partial charge in [0.15, 0.2) is 0 Å². The van der Waals surface area contributed by atoms with Gasteiger partial charge in [0.25, 0.3) is 11.1 Å². The molecule has 0 N–H and O–H groups in total. The Morgan fingerprint density at radius 3 is 2.68 bits per heavy atom. The third kappa shape index (κ3) is 3.80. The Bertz CT molecular complexity index is 935. The summed E-state index contributed by atoms with van der Waals surface area (Å²) in [7, 11) is 0. The van der Waals surface area contributed by atoms with Crippen LogP contribution in [0, 0.1) is 0 Å². The minimum absolute atomic E-state index is 0.0776. The summed E-state index contributed by atoms with van der Waals surface area (Å²) in [6.45, 7) is 1.97. The van der Waals surface area contributed by atoms with E-state index in [2.05, 4.69) is 20.4 Å². The average molecular weight is 370 g/mol. The first-order valence-electron chi connectivity index (χ1n) is 7.68. The zero-order valence-corrected chi connectivity index (χ0v) is 15.0. The van der Waals surface area contributed by atoms with E-state index in [-0.39, 0.29) is 5.25 Å². The fourth-order valence-corrected chi connectivity index (χ4v) is 3.60. The zero-order valence-electron chi connectivity index (χ0n) is 13.3. The van der Waals surface area contributed by atoms with Crippen LogP contribution in [-0.2, 0) is 6.42 Å². The average Bonchev–Trinajstić information content (AvgIpc) is 3.37. The number of hydrogen-bond acceptors (Lipinski definition) is 8. The molecule has 0 amide bonds. The van der Waals surface area contributed by atoms with Crippen molar-refractivity contribution in [3.63, 3.8) is 0 Å². The molecule has 3 aromatic heterocycles. The highest BCUT2D eigenvalue weighted by molar-refractivity contribution is 7.99. The van der Waals surface area contributed by atoms with Crippen LogP contribution >= 0.6 is 23.1 Å². The maximum atomic E-state index is 5.74. The van der Waals surface area contributed by atoms with E-state index in [1.165, 1.54) is 11.8 Å². The standard InChI is InChI=1S/C17H14N4O2S2/c1-11(15-19-20-16(23-15)13-8-5-9-24-13)25-17-21-18-14(22-17)10-12-6-3-2-4-7-12/h2-9,11H,10H2,1H3/t11-/m1/s1. The molecule has 0 saturated carbocycles. The van der Waals surface area contributed by atoms with E-state index in [0.29, 0.717) is 29.3 Å². The summed E-state index contributed by atoms with van der Waals surface area (Å²) in [5.41, 5.74) is 1.13. The minimum Gasteiger partial charge on any atom is -0.419 e. The van der Waals surface area contributed by atoms with Gasteiger partial charge in [-0.1, -0.05) is 48.2 Å². The van der Waals surface area contributed by atoms with E-state index in [0.717, 1.165) is 10.4 Å². The van der Waals surface area contributed by atoms with Crippen molar-refractivity contribution in [1.29, 1.82) is 0 Å². The summed E-state index contributed by atoms with van der Waals surface area (Å²) in [4.78, 5) is 0.957. The number of aromatic nitrogens is 4. The minimum atomic E-state index is -0.0776. The topological polar surface area (TPSA) is 77.8 Å². The first-order chi connectivity index (χ1) is 12.3. The molecule has 0 unspecified atom stereocenters. The van der Waals surface area contributed by atoms with Crippen LogP contribution in [0.15, 0.2) is 61.9 Å². The summed E-state index contributed by atoms with van der Waals surface area (Å²) in [5, 5.41) is 18.8. The summed E-state index contributed by atoms with van der Waals surface area (Å²) in [6, 6.07) is 13.9. The Labute approximate surface area is 152 Å². The van der Waals surface area contributed by atoms with Crippen LogP contribution in [0.5, 0.6) is 0 Å². The molecule has 8 heteroatoms. The number of benzene rings is 1. The molecule has 0 bridgehead atoms. The largest absolute Gasteiger partial charge is 0.419 e. The SMILES string of the molecule is C[C@@H](Sc1nnc(Cc2ccccc2)o1)c1nnc(-c2cccs2)o1. The summed E-state index contributed by atoms with van der Waals surface area (Å²) in [6.07, 6.45) is 0.617. The molecular formula is C17H14N4O2S2. The maximum Gasteiger partial charge on any atom is 0.277 e. The molecular weight excluding hydrogens is 356 g/mol. The molecule has 1 atom stereocenters. The van der Waals surface area contributed by atoms with Crippen molar-refractivity contribution >= 4 is 23.1 Å². The molecule has 1 aromatic carbocycles. The zero-order chi connectivity index (χ0) is 17.1. The molecule has 4 rings (SSSR count). The summed E-state index contributed by atoms with van der Waals surface area (Å²) >= 11 is 2.97. The van der Waals surface area contributed by atoms with Gasteiger partial charge in [-0.2, -0.15) is 0 Å². The van der Waals surface area contributed by atoms with E-state index in [9.17, 15) is 0 Å². The molecule has 0 aliphatic heterocycles. The monoisotopic (exact) mass is 370 g/mol. The third-order valence-corrected chi connectivity index (χ3v) is 5.22. The number of nitrogens with zero attached hydrogens (tertiary/aromatic N) is 4. The van der Waals surface area contributed by atoms with Gasteiger partial charge in [0.1, 0.15) is 0 Å². The van der Waals surface area contributed by atoms with Crippen molar-refractivity contribution in [3.05, 3.63) is 65.2 Å². The second kappa shape index (κ2) is 7.20. The molecule has 126 valence electrons. The van der Waals surface area contributed by atoms with Crippen LogP contribution in [0.1, 0.15) is 29.5 Å². The summed E-state index contributed by atoms with van der Waals surface area (Å²) < 4.78 is 11.5. The van der Waals surface area contributed by atoms with Gasteiger partial charge >= 0.3 is 0 Å². The van der Waals surface area contributed by atoms with Crippen LogP contribution in [0.3, 0.4) is 0 Å². The first-order valence-corrected chi connectivity index (χ1v) is 9.44. The van der Waals surface area contributed by atoms with Gasteiger partial charge in [-0.25, -0.2) is 0 Å². The van der Waals surface area contributed by atoms with E-state index in [1.54, 1.807) is 11.3 Å². The van der Waals surface area contributed by atoms with Gasteiger partial charge in [0.2, 0.25) is 11.8 Å². The van der Waals surface area contributed by atoms with Gasteiger partial charge in [-0.15, -0.1) is 31.7 Å². The second-order valence-corrected chi connectivity index (χ2v) is 7.55. The highest BCUT2D eigenvalue weighted by atomic mass is 32.2. The normalized spacial score (nSPS) is 12.4. The van der Waals surface area contributed by atoms with Crippen molar-refractivity contribution < 1.29 is 8.83 Å². The Hall–Kier alpha value is -2.45. The van der Waals surface area contributed by atoms with Crippen molar-refractivity contribution in [2.45, 2.75) is 23.8 Å². The number of hydrogen-bond donors (Lipinski definition) is 0. The molecule has 0 saturated heterocycles. The predicted octanol–water partition coefficient (Wildman–Crippen LogP) is 4.63. The van der Waals surface area contributed by atoms with Crippen LogP contribution in [0.2, 0.25) is 0 Å². The maximum absolute atomic E-state index is 5.74. The predicted molar refractivity (Wildman–Crippen MR) is 95.4 cm³/mol. The van der Waals surface area contributed by atoms with E-state index in [4.69, 9.17) is 8.83 Å². The van der Waals surface area contributed by atoms with Gasteiger partial charge in [0, 0.05) is 0 Å². The molecule has 6 nitrogen and oxygen atoms in total. The lowest BCUT2D eigenvalue weighted by molar-refractivity contribution is 0.418. The van der Waals surface area contributed by atoms with Crippen molar-refractivity contribution in [3.8, 4) is 10.8 Å². The molecule has 25 heavy (non-hydrogen) atoms. The van der Waals surface area contributed by atoms with E-state index >= 15 is 0 Å². The number of rotatable bonds is 6. The molecule has 0 aliphatic rings. The molecule has 0 fully saturated rings. The van der Waals surface area contributed by atoms with Gasteiger partial charge in [-0.3, -0.25) is 0 Å². The second-order valence-electron chi connectivity index (χ2n) is 5.31. The van der Waals surface area contributed by atoms with Gasteiger partial charge < -0.3 is 8.83 Å². The van der Waals surface area contributed by atoms with E-state index in [1.807, 2.05) is 54.8 Å². The fraction of sp³-hybridized carbons (Fsp3) is 0.176. The summed E-state index contributed by atoms with van der Waals surface area (Å²) in [5.74, 6) is 1.66. The quantitative estimate of drug-likeness (QED) is 0.458. The molecule has 0 aliphatic carbocycles. The first kappa shape index (κ1) is 16.0. The molecule has 4 aromatic rings. The van der Waals surface area contributed by atoms with Crippen LogP contribution < -0.4 is 0 Å². The van der Waals surface area contributed by atoms with Gasteiger partial charge in [-0.05, 0) is 23.9 Å². The van der Waals surface area contributed by atoms with Crippen molar-refractivity contribution in [1.82, 2.24) is 20.4 Å². The molecule has 3 heterocycles. The molecule has 0 radical (unpaired) electrons. The van der Waals surface area contributed by atoms with Gasteiger partial charge in [0.05, 0.1) is 16.5 Å². The lowest BCUT2D eigenvalue weighted by Crippen LogP contribution is -1.88. The van der Waals surface area contributed by atoms with Crippen molar-refractivity contribution in [2.24, 2.45) is 0 Å². The van der Waals surface area contributed by atoms with Crippen molar-refractivity contribution in [2.75, 3.05) is 0 Å². The fourth-order valence-electron chi connectivity index (χ4n) is 2.23. The number of thioether (sulfide) groups is 1. The highest BCUT2D eigenvalue weighted by Gasteiger charge is 2.19.